The molecule has 3 aromatic rings. The number of carbonyl (C=O) groups excluding carboxylic acids is 1. The van der Waals surface area contributed by atoms with Gasteiger partial charge in [0.15, 0.2) is 5.65 Å². The van der Waals surface area contributed by atoms with E-state index in [4.69, 9.17) is 11.6 Å². The zero-order valence-corrected chi connectivity index (χ0v) is 14.7. The topological polar surface area (TPSA) is 74.8 Å². The van der Waals surface area contributed by atoms with E-state index in [9.17, 15) is 9.18 Å². The van der Waals surface area contributed by atoms with Crippen LogP contribution >= 0.6 is 11.6 Å². The van der Waals surface area contributed by atoms with E-state index < -0.39 is 5.82 Å². The van der Waals surface area contributed by atoms with Gasteiger partial charge in [-0.15, -0.1) is 0 Å². The Kier molecular flexibility index (Phi) is 4.55. The molecule has 1 aromatic carbocycles. The van der Waals surface area contributed by atoms with Gasteiger partial charge in [-0.05, 0) is 30.5 Å². The molecule has 0 saturated carbocycles. The van der Waals surface area contributed by atoms with Gasteiger partial charge in [0, 0.05) is 36.4 Å². The molecule has 1 aliphatic heterocycles. The van der Waals surface area contributed by atoms with Crippen LogP contribution in [0.5, 0.6) is 0 Å². The molecule has 8 heteroatoms. The number of hydrogen-bond donors (Lipinski definition) is 1. The lowest BCUT2D eigenvalue weighted by molar-refractivity contribution is -0.131. The second kappa shape index (κ2) is 6.99. The van der Waals surface area contributed by atoms with Crippen LogP contribution in [0, 0.1) is 5.82 Å². The number of carbonyl (C=O) groups is 1. The molecule has 0 unspecified atom stereocenters. The van der Waals surface area contributed by atoms with Crippen LogP contribution in [0.25, 0.3) is 11.2 Å². The Balaban J connectivity index is 1.41. The summed E-state index contributed by atoms with van der Waals surface area (Å²) in [6.45, 7) is 1.31. The Morgan fingerprint density at radius 2 is 2.04 bits per heavy atom. The van der Waals surface area contributed by atoms with Crippen molar-refractivity contribution < 1.29 is 9.18 Å². The Morgan fingerprint density at radius 3 is 2.81 bits per heavy atom. The normalized spacial score (nSPS) is 15.5. The molecule has 1 fully saturated rings. The number of H-pyrrole nitrogens is 1. The van der Waals surface area contributed by atoms with E-state index in [1.54, 1.807) is 18.5 Å². The standard InChI is InChI=1S/C18H17ClFN5O/c19-14-10-13(20)2-1-12(14)9-15(26)25-7-3-11(4-8-25)16-17-18(24-23-16)22-6-5-21-17/h1-2,5-6,10-11H,3-4,7-9H2,(H,22,23,24). The summed E-state index contributed by atoms with van der Waals surface area (Å²) in [6, 6.07) is 4.13. The van der Waals surface area contributed by atoms with Crippen LogP contribution in [-0.4, -0.2) is 44.1 Å². The van der Waals surface area contributed by atoms with E-state index in [-0.39, 0.29) is 23.3 Å². The molecule has 1 aliphatic rings. The Labute approximate surface area is 154 Å². The Bertz CT molecular complexity index is 952. The first-order chi connectivity index (χ1) is 12.6. The third-order valence-corrected chi connectivity index (χ3v) is 5.18. The number of rotatable bonds is 3. The quantitative estimate of drug-likeness (QED) is 0.765. The van der Waals surface area contributed by atoms with Gasteiger partial charge in [-0.1, -0.05) is 17.7 Å². The summed E-state index contributed by atoms with van der Waals surface area (Å²) in [5, 5.41) is 7.53. The van der Waals surface area contributed by atoms with Gasteiger partial charge in [-0.25, -0.2) is 14.4 Å². The van der Waals surface area contributed by atoms with Crippen LogP contribution < -0.4 is 0 Å². The van der Waals surface area contributed by atoms with E-state index in [0.717, 1.165) is 24.1 Å². The number of aromatic nitrogens is 4. The van der Waals surface area contributed by atoms with Crippen molar-refractivity contribution in [3.8, 4) is 0 Å². The predicted molar refractivity (Wildman–Crippen MR) is 95.4 cm³/mol. The highest BCUT2D eigenvalue weighted by Gasteiger charge is 2.27. The zero-order valence-electron chi connectivity index (χ0n) is 14.0. The lowest BCUT2D eigenvalue weighted by Gasteiger charge is -2.31. The fraction of sp³-hybridized carbons (Fsp3) is 0.333. The van der Waals surface area contributed by atoms with E-state index >= 15 is 0 Å². The van der Waals surface area contributed by atoms with Crippen molar-refractivity contribution >= 4 is 28.7 Å². The SMILES string of the molecule is O=C(Cc1ccc(F)cc1Cl)N1CCC(c2[nH]nc3nccnc23)CC1. The second-order valence-electron chi connectivity index (χ2n) is 6.43. The summed E-state index contributed by atoms with van der Waals surface area (Å²) in [6.07, 6.45) is 5.12. The third-order valence-electron chi connectivity index (χ3n) is 4.83. The second-order valence-corrected chi connectivity index (χ2v) is 6.84. The van der Waals surface area contributed by atoms with Crippen molar-refractivity contribution in [3.05, 3.63) is 52.7 Å². The van der Waals surface area contributed by atoms with E-state index in [1.807, 2.05) is 4.90 Å². The van der Waals surface area contributed by atoms with Crippen molar-refractivity contribution in [3.63, 3.8) is 0 Å². The molecule has 1 N–H and O–H groups in total. The van der Waals surface area contributed by atoms with Crippen molar-refractivity contribution in [2.24, 2.45) is 0 Å². The summed E-state index contributed by atoms with van der Waals surface area (Å²) in [4.78, 5) is 22.9. The zero-order chi connectivity index (χ0) is 18.1. The Morgan fingerprint density at radius 1 is 1.27 bits per heavy atom. The summed E-state index contributed by atoms with van der Waals surface area (Å²) in [5.74, 6) is -0.122. The van der Waals surface area contributed by atoms with Crippen LogP contribution in [0.3, 0.4) is 0 Å². The average molecular weight is 374 g/mol. The van der Waals surface area contributed by atoms with Gasteiger partial charge < -0.3 is 4.90 Å². The first kappa shape index (κ1) is 16.9. The molecular formula is C18H17ClFN5O. The van der Waals surface area contributed by atoms with Gasteiger partial charge in [0.25, 0.3) is 0 Å². The number of nitrogens with one attached hydrogen (secondary N) is 1. The van der Waals surface area contributed by atoms with E-state index in [1.165, 1.54) is 12.1 Å². The summed E-state index contributed by atoms with van der Waals surface area (Å²) in [5.41, 5.74) is 3.05. The minimum atomic E-state index is -0.401. The first-order valence-electron chi connectivity index (χ1n) is 8.48. The Hall–Kier alpha value is -2.54. The molecule has 0 spiro atoms. The fourth-order valence-electron chi connectivity index (χ4n) is 3.41. The number of halogens is 2. The molecule has 1 saturated heterocycles. The molecule has 0 radical (unpaired) electrons. The van der Waals surface area contributed by atoms with Crippen molar-refractivity contribution in [2.75, 3.05) is 13.1 Å². The average Bonchev–Trinajstić information content (AvgIpc) is 3.08. The van der Waals surface area contributed by atoms with Crippen LogP contribution in [-0.2, 0) is 11.2 Å². The van der Waals surface area contributed by atoms with Crippen molar-refractivity contribution in [1.82, 2.24) is 25.1 Å². The molecule has 2 aromatic heterocycles. The maximum atomic E-state index is 13.1. The van der Waals surface area contributed by atoms with Crippen molar-refractivity contribution in [2.45, 2.75) is 25.2 Å². The number of nitrogens with zero attached hydrogens (tertiary/aromatic N) is 4. The molecule has 1 amide bonds. The number of hydrogen-bond acceptors (Lipinski definition) is 4. The van der Waals surface area contributed by atoms with Crippen molar-refractivity contribution in [1.29, 1.82) is 0 Å². The number of aromatic amines is 1. The minimum Gasteiger partial charge on any atom is -0.342 e. The number of amides is 1. The van der Waals surface area contributed by atoms with Crippen LogP contribution in [0.15, 0.2) is 30.6 Å². The highest BCUT2D eigenvalue weighted by molar-refractivity contribution is 6.31. The lowest BCUT2D eigenvalue weighted by atomic mass is 9.92. The van der Waals surface area contributed by atoms with E-state index in [2.05, 4.69) is 20.2 Å². The largest absolute Gasteiger partial charge is 0.342 e. The summed E-state index contributed by atoms with van der Waals surface area (Å²) < 4.78 is 13.1. The van der Waals surface area contributed by atoms with Gasteiger partial charge in [-0.3, -0.25) is 9.89 Å². The first-order valence-corrected chi connectivity index (χ1v) is 8.86. The molecule has 134 valence electrons. The van der Waals surface area contributed by atoms with Gasteiger partial charge in [0.2, 0.25) is 5.91 Å². The third kappa shape index (κ3) is 3.26. The molecule has 0 bridgehead atoms. The molecule has 4 rings (SSSR count). The maximum Gasteiger partial charge on any atom is 0.227 e. The molecular weight excluding hydrogens is 357 g/mol. The summed E-state index contributed by atoms with van der Waals surface area (Å²) in [7, 11) is 0. The maximum absolute atomic E-state index is 13.1. The highest BCUT2D eigenvalue weighted by Crippen LogP contribution is 2.30. The molecule has 0 aliphatic carbocycles. The smallest absolute Gasteiger partial charge is 0.227 e. The number of likely N-dealkylation sites (tertiary alicyclic amines) is 1. The highest BCUT2D eigenvalue weighted by atomic mass is 35.5. The fourth-order valence-corrected chi connectivity index (χ4v) is 3.64. The van der Waals surface area contributed by atoms with Crippen LogP contribution in [0.1, 0.15) is 30.0 Å². The number of benzene rings is 1. The lowest BCUT2D eigenvalue weighted by Crippen LogP contribution is -2.38. The monoisotopic (exact) mass is 373 g/mol. The predicted octanol–water partition coefficient (Wildman–Crippen LogP) is 3.09. The number of fused-ring (bicyclic) bond motifs is 1. The van der Waals surface area contributed by atoms with Crippen LogP contribution in [0.2, 0.25) is 5.02 Å². The summed E-state index contributed by atoms with van der Waals surface area (Å²) >= 11 is 6.02. The van der Waals surface area contributed by atoms with Crippen LogP contribution in [0.4, 0.5) is 4.39 Å². The molecule has 6 nitrogen and oxygen atoms in total. The van der Waals surface area contributed by atoms with Gasteiger partial charge in [-0.2, -0.15) is 5.10 Å². The van der Waals surface area contributed by atoms with Gasteiger partial charge in [0.05, 0.1) is 12.1 Å². The van der Waals surface area contributed by atoms with Gasteiger partial charge >= 0.3 is 0 Å². The van der Waals surface area contributed by atoms with Gasteiger partial charge in [0.1, 0.15) is 11.3 Å². The van der Waals surface area contributed by atoms with E-state index in [0.29, 0.717) is 24.3 Å². The molecule has 0 atom stereocenters. The molecule has 26 heavy (non-hydrogen) atoms. The molecule has 3 heterocycles. The number of piperidine rings is 1. The minimum absolute atomic E-state index is 0.00576.